The Morgan fingerprint density at radius 3 is 1.60 bits per heavy atom. The molecule has 1 nitrogen and oxygen atoms in total. The van der Waals surface area contributed by atoms with Gasteiger partial charge < -0.3 is 1.43 Å². The van der Waals surface area contributed by atoms with E-state index in [0.717, 1.165) is 6.54 Å². The summed E-state index contributed by atoms with van der Waals surface area (Å²) in [5.74, 6) is 0. The number of nitrogens with zero attached hydrogens (tertiary/aromatic N) is 1. The third kappa shape index (κ3) is 16.4. The minimum atomic E-state index is 0. The normalized spacial score (nSPS) is 11.2. The molecule has 0 rings (SSSR count). The summed E-state index contributed by atoms with van der Waals surface area (Å²) in [6, 6.07) is 0. The molecular weight excluding hydrogens is 237 g/mol. The molecule has 0 spiro atoms. The quantitative estimate of drug-likeness (QED) is 0.268. The molecule has 0 saturated heterocycles. The first-order valence-corrected chi connectivity index (χ1v) is 8.68. The second-order valence-corrected chi connectivity index (χ2v) is 5.70. The molecule has 0 aromatic heterocycles. The summed E-state index contributed by atoms with van der Waals surface area (Å²) in [4.78, 5) is 2.64. The molecule has 0 heterocycles. The van der Waals surface area contributed by atoms with Crippen LogP contribution in [0.5, 0.6) is 0 Å². The third-order valence-electron chi connectivity index (χ3n) is 3.76. The van der Waals surface area contributed by atoms with E-state index in [2.05, 4.69) is 37.8 Å². The maximum atomic E-state index is 2.64. The van der Waals surface area contributed by atoms with Gasteiger partial charge in [-0.1, -0.05) is 77.4 Å². The predicted molar refractivity (Wildman–Crippen MR) is 89.9 cm³/mol. The van der Waals surface area contributed by atoms with E-state index >= 15 is 0 Å². The molecule has 0 fully saturated rings. The Kier molecular flexibility index (Phi) is 21.8. The Balaban J connectivity index is -0.00000162. The van der Waals surface area contributed by atoms with Gasteiger partial charge >= 0.3 is 18.9 Å². The molecule has 0 aliphatic carbocycles. The van der Waals surface area contributed by atoms with E-state index in [1.54, 1.807) is 0 Å². The molecule has 0 N–H and O–H groups in total. The molecule has 0 saturated carbocycles. The van der Waals surface area contributed by atoms with Crippen LogP contribution < -0.4 is 18.9 Å². The first-order valence-electron chi connectivity index (χ1n) is 8.68. The van der Waals surface area contributed by atoms with E-state index in [1.165, 1.54) is 77.3 Å². The van der Waals surface area contributed by atoms with Crippen molar-refractivity contribution in [1.82, 2.24) is 4.90 Å². The zero-order valence-electron chi connectivity index (χ0n) is 15.8. The maximum absolute atomic E-state index is 2.64. The summed E-state index contributed by atoms with van der Waals surface area (Å²) in [5, 5.41) is 0. The Labute approximate surface area is 142 Å². The van der Waals surface area contributed by atoms with E-state index in [9.17, 15) is 0 Å². The summed E-state index contributed by atoms with van der Waals surface area (Å²) in [6.07, 6.45) is 18.4. The molecule has 0 aromatic carbocycles. The molecule has 20 heavy (non-hydrogen) atoms. The summed E-state index contributed by atoms with van der Waals surface area (Å²) >= 11 is 0. The zero-order chi connectivity index (χ0) is 14.2. The van der Waals surface area contributed by atoms with Crippen LogP contribution in [0.4, 0.5) is 0 Å². The van der Waals surface area contributed by atoms with Crippen molar-refractivity contribution in [2.24, 2.45) is 0 Å². The Bertz CT molecular complexity index is 184. The number of rotatable bonds is 14. The maximum Gasteiger partial charge on any atom is 1.00 e. The van der Waals surface area contributed by atoms with Gasteiger partial charge in [-0.3, -0.25) is 4.90 Å². The molecule has 0 unspecified atom stereocenters. The Hall–Kier alpha value is 0.297. The van der Waals surface area contributed by atoms with Crippen molar-refractivity contribution in [2.75, 3.05) is 19.6 Å². The minimum Gasteiger partial charge on any atom is -1.00 e. The van der Waals surface area contributed by atoms with Crippen LogP contribution in [0, 0.1) is 0 Å². The van der Waals surface area contributed by atoms with Crippen LogP contribution in [-0.2, 0) is 0 Å². The monoisotopic (exact) mass is 275 g/mol. The molecule has 0 aromatic rings. The number of allylic oxidation sites excluding steroid dienone is 1. The van der Waals surface area contributed by atoms with Crippen LogP contribution >= 0.6 is 0 Å². The van der Waals surface area contributed by atoms with Gasteiger partial charge in [-0.05, 0) is 32.9 Å². The fourth-order valence-electron chi connectivity index (χ4n) is 2.43. The Morgan fingerprint density at radius 2 is 1.20 bits per heavy atom. The van der Waals surface area contributed by atoms with E-state index in [-0.39, 0.29) is 20.3 Å². The van der Waals surface area contributed by atoms with Crippen molar-refractivity contribution in [3.05, 3.63) is 12.2 Å². The van der Waals surface area contributed by atoms with Crippen molar-refractivity contribution in [2.45, 2.75) is 85.0 Å². The van der Waals surface area contributed by atoms with Gasteiger partial charge in [0.15, 0.2) is 0 Å². The van der Waals surface area contributed by atoms with Crippen LogP contribution in [-0.4, -0.2) is 24.5 Å². The largest absolute Gasteiger partial charge is 1.00 e. The second-order valence-electron chi connectivity index (χ2n) is 5.70. The first kappa shape index (κ1) is 22.6. The summed E-state index contributed by atoms with van der Waals surface area (Å²) < 4.78 is 0. The van der Waals surface area contributed by atoms with Gasteiger partial charge in [-0.15, -0.1) is 0 Å². The van der Waals surface area contributed by atoms with E-state index < -0.39 is 0 Å². The number of hydrogen-bond acceptors (Lipinski definition) is 1. The van der Waals surface area contributed by atoms with Gasteiger partial charge in [0, 0.05) is 6.54 Å². The SMILES string of the molecule is C/C=C/CN(CCCCCCC)CCCCCCC.[H-].[Li+]. The van der Waals surface area contributed by atoms with Gasteiger partial charge in [-0.25, -0.2) is 0 Å². The standard InChI is InChI=1S/C18H37N.Li.H/c1-4-7-10-12-14-17-19(16-9-6-3)18-15-13-11-8-5-2;;/h6,9H,4-5,7-8,10-18H2,1-3H3;;/q;+1;-1/b9-6+;;. The van der Waals surface area contributed by atoms with Crippen molar-refractivity contribution in [3.8, 4) is 0 Å². The topological polar surface area (TPSA) is 3.24 Å². The van der Waals surface area contributed by atoms with Gasteiger partial charge in [0.25, 0.3) is 0 Å². The van der Waals surface area contributed by atoms with Crippen LogP contribution in [0.15, 0.2) is 12.2 Å². The number of hydrogen-bond donors (Lipinski definition) is 0. The van der Waals surface area contributed by atoms with Gasteiger partial charge in [0.1, 0.15) is 0 Å². The van der Waals surface area contributed by atoms with Gasteiger partial charge in [0.2, 0.25) is 0 Å². The van der Waals surface area contributed by atoms with Gasteiger partial charge in [0.05, 0.1) is 0 Å². The zero-order valence-corrected chi connectivity index (χ0v) is 14.8. The Morgan fingerprint density at radius 1 is 0.750 bits per heavy atom. The van der Waals surface area contributed by atoms with E-state index in [4.69, 9.17) is 0 Å². The average Bonchev–Trinajstić information content (AvgIpc) is 2.43. The second kappa shape index (κ2) is 19.3. The van der Waals surface area contributed by atoms with E-state index in [1.807, 2.05) is 0 Å². The van der Waals surface area contributed by atoms with Gasteiger partial charge in [-0.2, -0.15) is 0 Å². The van der Waals surface area contributed by atoms with Crippen molar-refractivity contribution < 1.29 is 20.3 Å². The van der Waals surface area contributed by atoms with Crippen LogP contribution in [0.2, 0.25) is 0 Å². The molecule has 0 radical (unpaired) electrons. The summed E-state index contributed by atoms with van der Waals surface area (Å²) in [5.41, 5.74) is 0. The minimum absolute atomic E-state index is 0. The fraction of sp³-hybridized carbons (Fsp3) is 0.889. The average molecular weight is 275 g/mol. The van der Waals surface area contributed by atoms with E-state index in [0.29, 0.717) is 0 Å². The molecule has 0 aliphatic rings. The first-order chi connectivity index (χ1) is 9.35. The molecule has 0 aliphatic heterocycles. The molecule has 116 valence electrons. The summed E-state index contributed by atoms with van der Waals surface area (Å²) in [7, 11) is 0. The molecular formula is C18H38LiN. The molecule has 0 bridgehead atoms. The molecule has 0 amide bonds. The molecule has 0 atom stereocenters. The molecule has 2 heteroatoms. The smallest absolute Gasteiger partial charge is 1.00 e. The van der Waals surface area contributed by atoms with Crippen LogP contribution in [0.3, 0.4) is 0 Å². The summed E-state index contributed by atoms with van der Waals surface area (Å²) in [6.45, 7) is 10.4. The van der Waals surface area contributed by atoms with Crippen LogP contribution in [0.25, 0.3) is 0 Å². The predicted octanol–water partition coefficient (Wildman–Crippen LogP) is 2.92. The van der Waals surface area contributed by atoms with Crippen molar-refractivity contribution in [3.63, 3.8) is 0 Å². The number of unbranched alkanes of at least 4 members (excludes halogenated alkanes) is 8. The van der Waals surface area contributed by atoms with Crippen molar-refractivity contribution in [1.29, 1.82) is 0 Å². The fourth-order valence-corrected chi connectivity index (χ4v) is 2.43. The third-order valence-corrected chi connectivity index (χ3v) is 3.76. The van der Waals surface area contributed by atoms with Crippen molar-refractivity contribution >= 4 is 0 Å². The van der Waals surface area contributed by atoms with Crippen LogP contribution in [0.1, 0.15) is 86.4 Å².